The maximum absolute atomic E-state index is 12.3. The van der Waals surface area contributed by atoms with Crippen LogP contribution in [0.2, 0.25) is 5.02 Å². The molecule has 2 aromatic rings. The largest absolute Gasteiger partial charge is 0.397 e. The molecule has 0 bridgehead atoms. The fourth-order valence-electron chi connectivity index (χ4n) is 2.39. The summed E-state index contributed by atoms with van der Waals surface area (Å²) in [5, 5.41) is 6.89. The van der Waals surface area contributed by atoms with Gasteiger partial charge >= 0.3 is 0 Å². The summed E-state index contributed by atoms with van der Waals surface area (Å²) in [6, 6.07) is 4.83. The summed E-state index contributed by atoms with van der Waals surface area (Å²) >= 11 is 7.23. The summed E-state index contributed by atoms with van der Waals surface area (Å²) in [5.74, 6) is -0.454. The molecule has 0 radical (unpaired) electrons. The maximum Gasteiger partial charge on any atom is 0.264 e. The second-order valence-electron chi connectivity index (χ2n) is 4.94. The van der Waals surface area contributed by atoms with Gasteiger partial charge in [-0.25, -0.2) is 0 Å². The van der Waals surface area contributed by atoms with E-state index in [1.165, 1.54) is 11.3 Å². The zero-order chi connectivity index (χ0) is 15.0. The van der Waals surface area contributed by atoms with E-state index in [0.29, 0.717) is 28.6 Å². The lowest BCUT2D eigenvalue weighted by Crippen LogP contribution is -2.50. The van der Waals surface area contributed by atoms with E-state index < -0.39 is 6.04 Å². The van der Waals surface area contributed by atoms with Gasteiger partial charge in [-0.05, 0) is 31.0 Å². The van der Waals surface area contributed by atoms with Crippen LogP contribution in [0.3, 0.4) is 0 Å². The van der Waals surface area contributed by atoms with E-state index >= 15 is 0 Å². The lowest BCUT2D eigenvalue weighted by atomic mass is 10.1. The Morgan fingerprint density at radius 2 is 2.29 bits per heavy atom. The van der Waals surface area contributed by atoms with Gasteiger partial charge < -0.3 is 16.4 Å². The summed E-state index contributed by atoms with van der Waals surface area (Å²) in [6.45, 7) is 0.661. The number of rotatable bonds is 2. The Labute approximate surface area is 130 Å². The van der Waals surface area contributed by atoms with Crippen molar-refractivity contribution in [2.24, 2.45) is 0 Å². The SMILES string of the molecule is Nc1c(C(=O)NC2CCCNC2=O)sc2cc(Cl)ccc12. The fourth-order valence-corrected chi connectivity index (χ4v) is 3.69. The Balaban J connectivity index is 1.87. The molecular formula is C14H14ClN3O2S. The van der Waals surface area contributed by atoms with Crippen molar-refractivity contribution in [1.82, 2.24) is 10.6 Å². The van der Waals surface area contributed by atoms with Crippen LogP contribution in [0.15, 0.2) is 18.2 Å². The third-order valence-electron chi connectivity index (χ3n) is 3.49. The number of nitrogen functional groups attached to an aromatic ring is 1. The smallest absolute Gasteiger partial charge is 0.264 e. The average Bonchev–Trinajstić information content (AvgIpc) is 2.78. The first-order valence-corrected chi connectivity index (χ1v) is 7.82. The molecule has 0 spiro atoms. The Hall–Kier alpha value is -1.79. The van der Waals surface area contributed by atoms with Gasteiger partial charge in [0.1, 0.15) is 10.9 Å². The van der Waals surface area contributed by atoms with Crippen LogP contribution in [0.5, 0.6) is 0 Å². The van der Waals surface area contributed by atoms with E-state index in [1.807, 2.05) is 0 Å². The molecule has 2 amide bonds. The van der Waals surface area contributed by atoms with Crippen LogP contribution >= 0.6 is 22.9 Å². The van der Waals surface area contributed by atoms with E-state index in [-0.39, 0.29) is 11.8 Å². The Bertz CT molecular complexity index is 728. The Kier molecular flexibility index (Phi) is 3.73. The van der Waals surface area contributed by atoms with Crippen LogP contribution in [-0.2, 0) is 4.79 Å². The lowest BCUT2D eigenvalue weighted by Gasteiger charge is -2.22. The fraction of sp³-hybridized carbons (Fsp3) is 0.286. The molecule has 1 aliphatic heterocycles. The van der Waals surface area contributed by atoms with Crippen molar-refractivity contribution < 1.29 is 9.59 Å². The molecule has 0 aliphatic carbocycles. The minimum Gasteiger partial charge on any atom is -0.397 e. The highest BCUT2D eigenvalue weighted by Gasteiger charge is 2.26. The molecule has 5 nitrogen and oxygen atoms in total. The number of benzene rings is 1. The molecular weight excluding hydrogens is 310 g/mol. The number of fused-ring (bicyclic) bond motifs is 1. The van der Waals surface area contributed by atoms with Gasteiger partial charge in [0, 0.05) is 21.7 Å². The minimum atomic E-state index is -0.487. The highest BCUT2D eigenvalue weighted by molar-refractivity contribution is 7.21. The molecule has 1 saturated heterocycles. The van der Waals surface area contributed by atoms with Crippen LogP contribution in [0.4, 0.5) is 5.69 Å². The van der Waals surface area contributed by atoms with E-state index in [2.05, 4.69) is 10.6 Å². The van der Waals surface area contributed by atoms with Crippen LogP contribution < -0.4 is 16.4 Å². The molecule has 0 saturated carbocycles. The Morgan fingerprint density at radius 3 is 3.05 bits per heavy atom. The number of halogens is 1. The molecule has 1 aliphatic rings. The second-order valence-corrected chi connectivity index (χ2v) is 6.43. The number of hydrogen-bond acceptors (Lipinski definition) is 4. The number of amides is 2. The van der Waals surface area contributed by atoms with Gasteiger partial charge in [-0.1, -0.05) is 11.6 Å². The number of nitrogens with two attached hydrogens (primary N) is 1. The van der Waals surface area contributed by atoms with Crippen LogP contribution in [0.25, 0.3) is 10.1 Å². The highest BCUT2D eigenvalue weighted by Crippen LogP contribution is 2.35. The van der Waals surface area contributed by atoms with Gasteiger partial charge in [-0.15, -0.1) is 11.3 Å². The molecule has 110 valence electrons. The van der Waals surface area contributed by atoms with E-state index in [4.69, 9.17) is 17.3 Å². The molecule has 21 heavy (non-hydrogen) atoms. The number of nitrogens with one attached hydrogen (secondary N) is 2. The van der Waals surface area contributed by atoms with Crippen LogP contribution in [0.1, 0.15) is 22.5 Å². The second kappa shape index (κ2) is 5.54. The molecule has 4 N–H and O–H groups in total. The molecule has 3 rings (SSSR count). The van der Waals surface area contributed by atoms with Crippen molar-refractivity contribution in [2.75, 3.05) is 12.3 Å². The zero-order valence-electron chi connectivity index (χ0n) is 11.1. The number of anilines is 1. The van der Waals surface area contributed by atoms with Gasteiger partial charge in [-0.3, -0.25) is 9.59 Å². The van der Waals surface area contributed by atoms with Crippen LogP contribution in [-0.4, -0.2) is 24.4 Å². The molecule has 1 unspecified atom stereocenters. The van der Waals surface area contributed by atoms with Crippen molar-refractivity contribution in [2.45, 2.75) is 18.9 Å². The number of carbonyl (C=O) groups excluding carboxylic acids is 2. The van der Waals surface area contributed by atoms with E-state index in [9.17, 15) is 9.59 Å². The quantitative estimate of drug-likeness (QED) is 0.791. The number of piperidine rings is 1. The Morgan fingerprint density at radius 1 is 1.48 bits per heavy atom. The van der Waals surface area contributed by atoms with Gasteiger partial charge in [-0.2, -0.15) is 0 Å². The first kappa shape index (κ1) is 14.2. The normalized spacial score (nSPS) is 18.5. The monoisotopic (exact) mass is 323 g/mol. The third-order valence-corrected chi connectivity index (χ3v) is 4.89. The van der Waals surface area contributed by atoms with Gasteiger partial charge in [0.25, 0.3) is 5.91 Å². The van der Waals surface area contributed by atoms with Crippen LogP contribution in [0, 0.1) is 0 Å². The van der Waals surface area contributed by atoms with E-state index in [0.717, 1.165) is 16.5 Å². The van der Waals surface area contributed by atoms with Crippen molar-refractivity contribution >= 4 is 50.5 Å². The molecule has 1 atom stereocenters. The summed E-state index contributed by atoms with van der Waals surface area (Å²) in [6.07, 6.45) is 1.50. The van der Waals surface area contributed by atoms with Crippen molar-refractivity contribution in [1.29, 1.82) is 0 Å². The summed E-state index contributed by atoms with van der Waals surface area (Å²) < 4.78 is 0.859. The first-order valence-electron chi connectivity index (χ1n) is 6.62. The predicted molar refractivity (Wildman–Crippen MR) is 84.7 cm³/mol. The molecule has 2 heterocycles. The van der Waals surface area contributed by atoms with Crippen molar-refractivity contribution in [3.05, 3.63) is 28.1 Å². The number of hydrogen-bond donors (Lipinski definition) is 3. The topological polar surface area (TPSA) is 84.2 Å². The first-order chi connectivity index (χ1) is 10.1. The molecule has 1 aromatic heterocycles. The third kappa shape index (κ3) is 2.69. The molecule has 7 heteroatoms. The van der Waals surface area contributed by atoms with E-state index in [1.54, 1.807) is 18.2 Å². The highest BCUT2D eigenvalue weighted by atomic mass is 35.5. The van der Waals surface area contributed by atoms with Crippen molar-refractivity contribution in [3.63, 3.8) is 0 Å². The van der Waals surface area contributed by atoms with Crippen molar-refractivity contribution in [3.8, 4) is 0 Å². The number of carbonyl (C=O) groups is 2. The lowest BCUT2D eigenvalue weighted by molar-refractivity contribution is -0.124. The number of thiophene rings is 1. The molecule has 1 fully saturated rings. The summed E-state index contributed by atoms with van der Waals surface area (Å²) in [5.41, 5.74) is 6.47. The summed E-state index contributed by atoms with van der Waals surface area (Å²) in [7, 11) is 0. The predicted octanol–water partition coefficient (Wildman–Crippen LogP) is 2.15. The van der Waals surface area contributed by atoms with Gasteiger partial charge in [0.15, 0.2) is 0 Å². The maximum atomic E-state index is 12.3. The van der Waals surface area contributed by atoms with Gasteiger partial charge in [0.05, 0.1) is 5.69 Å². The minimum absolute atomic E-state index is 0.141. The van der Waals surface area contributed by atoms with Gasteiger partial charge in [0.2, 0.25) is 5.91 Å². The standard InChI is InChI=1S/C14H14ClN3O2S/c15-7-3-4-8-10(6-7)21-12(11(8)16)14(20)18-9-2-1-5-17-13(9)19/h3-4,6,9H,1-2,5,16H2,(H,17,19)(H,18,20). The average molecular weight is 324 g/mol. The summed E-state index contributed by atoms with van der Waals surface area (Å²) in [4.78, 5) is 24.5. The zero-order valence-corrected chi connectivity index (χ0v) is 12.7. The molecule has 1 aromatic carbocycles.